The summed E-state index contributed by atoms with van der Waals surface area (Å²) in [5, 5.41) is 0. The molecule has 1 aliphatic rings. The fraction of sp³-hybridized carbons (Fsp3) is 0.125. The van der Waals surface area contributed by atoms with Crippen molar-refractivity contribution >= 4 is 11.4 Å². The first-order chi connectivity index (χ1) is 12.8. The fourth-order valence-corrected chi connectivity index (χ4v) is 3.69. The quantitative estimate of drug-likeness (QED) is 0.600. The van der Waals surface area contributed by atoms with E-state index in [0.29, 0.717) is 11.3 Å². The number of para-hydroxylation sites is 1. The third-order valence-electron chi connectivity index (χ3n) is 4.92. The lowest BCUT2D eigenvalue weighted by Crippen LogP contribution is -2.14. The number of benzene rings is 3. The molecule has 128 valence electrons. The molecule has 0 atom stereocenters. The molecular formula is C24H20O2. The van der Waals surface area contributed by atoms with E-state index in [2.05, 4.69) is 30.3 Å². The van der Waals surface area contributed by atoms with Gasteiger partial charge in [-0.1, -0.05) is 66.7 Å². The van der Waals surface area contributed by atoms with Crippen LogP contribution in [-0.2, 0) is 6.42 Å². The fourth-order valence-electron chi connectivity index (χ4n) is 3.69. The van der Waals surface area contributed by atoms with E-state index in [1.54, 1.807) is 7.11 Å². The molecule has 26 heavy (non-hydrogen) atoms. The summed E-state index contributed by atoms with van der Waals surface area (Å²) in [4.78, 5) is 13.4. The first-order valence-electron chi connectivity index (χ1n) is 8.84. The SMILES string of the molecule is COc1ccccc1C(=O)C1=C(c2ccccc2)c2ccccc2CC1. The van der Waals surface area contributed by atoms with Crippen LogP contribution in [0.3, 0.4) is 0 Å². The molecule has 0 saturated carbocycles. The van der Waals surface area contributed by atoms with Crippen LogP contribution in [-0.4, -0.2) is 12.9 Å². The van der Waals surface area contributed by atoms with Gasteiger partial charge in [-0.3, -0.25) is 4.79 Å². The zero-order valence-corrected chi connectivity index (χ0v) is 14.7. The topological polar surface area (TPSA) is 26.3 Å². The van der Waals surface area contributed by atoms with Crippen LogP contribution >= 0.6 is 0 Å². The standard InChI is InChI=1S/C24H20O2/c1-26-22-14-8-7-13-20(22)24(25)21-16-15-17-9-5-6-12-19(17)23(21)18-10-3-2-4-11-18/h2-14H,15-16H2,1H3. The van der Waals surface area contributed by atoms with Gasteiger partial charge < -0.3 is 4.74 Å². The van der Waals surface area contributed by atoms with E-state index in [4.69, 9.17) is 4.74 Å². The van der Waals surface area contributed by atoms with E-state index < -0.39 is 0 Å². The third kappa shape index (κ3) is 2.84. The largest absolute Gasteiger partial charge is 0.496 e. The van der Waals surface area contributed by atoms with Gasteiger partial charge in [0.25, 0.3) is 0 Å². The molecule has 4 rings (SSSR count). The summed E-state index contributed by atoms with van der Waals surface area (Å²) in [7, 11) is 1.61. The molecular weight excluding hydrogens is 320 g/mol. The van der Waals surface area contributed by atoms with Crippen LogP contribution in [0.1, 0.15) is 33.5 Å². The van der Waals surface area contributed by atoms with Crippen LogP contribution in [0, 0.1) is 0 Å². The Morgan fingerprint density at radius 1 is 0.808 bits per heavy atom. The minimum absolute atomic E-state index is 0.0517. The molecule has 0 amide bonds. The van der Waals surface area contributed by atoms with Gasteiger partial charge in [0.05, 0.1) is 12.7 Å². The summed E-state index contributed by atoms with van der Waals surface area (Å²) in [6, 6.07) is 26.0. The lowest BCUT2D eigenvalue weighted by Gasteiger charge is -2.24. The average Bonchev–Trinajstić information content (AvgIpc) is 2.73. The number of methoxy groups -OCH3 is 1. The number of carbonyl (C=O) groups is 1. The molecule has 0 bridgehead atoms. The lowest BCUT2D eigenvalue weighted by atomic mass is 9.79. The smallest absolute Gasteiger partial charge is 0.193 e. The summed E-state index contributed by atoms with van der Waals surface area (Å²) in [6.07, 6.45) is 1.61. The van der Waals surface area contributed by atoms with Crippen molar-refractivity contribution in [3.05, 3.63) is 107 Å². The Kier molecular flexibility index (Phi) is 4.40. The summed E-state index contributed by atoms with van der Waals surface area (Å²) in [5.41, 5.74) is 6.06. The van der Waals surface area contributed by atoms with Gasteiger partial charge in [0, 0.05) is 5.57 Å². The predicted molar refractivity (Wildman–Crippen MR) is 105 cm³/mol. The summed E-state index contributed by atoms with van der Waals surface area (Å²) in [5.74, 6) is 0.673. The van der Waals surface area contributed by atoms with Crippen molar-refractivity contribution in [3.63, 3.8) is 0 Å². The van der Waals surface area contributed by atoms with Crippen LogP contribution in [0.4, 0.5) is 0 Å². The van der Waals surface area contributed by atoms with E-state index >= 15 is 0 Å². The minimum atomic E-state index is 0.0517. The molecule has 0 saturated heterocycles. The van der Waals surface area contributed by atoms with Gasteiger partial charge in [-0.25, -0.2) is 0 Å². The summed E-state index contributed by atoms with van der Waals surface area (Å²) in [6.45, 7) is 0. The van der Waals surface area contributed by atoms with Crippen LogP contribution in [0.15, 0.2) is 84.4 Å². The Labute approximate surface area is 153 Å². The van der Waals surface area contributed by atoms with Gasteiger partial charge in [0.15, 0.2) is 5.78 Å². The average molecular weight is 340 g/mol. The molecule has 3 aromatic carbocycles. The first-order valence-corrected chi connectivity index (χ1v) is 8.84. The summed E-state index contributed by atoms with van der Waals surface area (Å²) < 4.78 is 5.42. The summed E-state index contributed by atoms with van der Waals surface area (Å²) >= 11 is 0. The molecule has 3 aromatic rings. The van der Waals surface area contributed by atoms with Gasteiger partial charge in [-0.05, 0) is 47.2 Å². The first kappa shape index (κ1) is 16.3. The van der Waals surface area contributed by atoms with E-state index in [0.717, 1.165) is 35.1 Å². The predicted octanol–water partition coefficient (Wildman–Crippen LogP) is 5.33. The number of allylic oxidation sites excluding steroid dienone is 1. The molecule has 0 N–H and O–H groups in total. The number of hydrogen-bond acceptors (Lipinski definition) is 2. The highest BCUT2D eigenvalue weighted by atomic mass is 16.5. The molecule has 0 aliphatic heterocycles. The number of ether oxygens (including phenoxy) is 1. The zero-order valence-electron chi connectivity index (χ0n) is 14.7. The van der Waals surface area contributed by atoms with Crippen molar-refractivity contribution in [3.8, 4) is 5.75 Å². The molecule has 0 unspecified atom stereocenters. The molecule has 1 aliphatic carbocycles. The van der Waals surface area contributed by atoms with Gasteiger partial charge >= 0.3 is 0 Å². The second-order valence-electron chi connectivity index (χ2n) is 6.41. The van der Waals surface area contributed by atoms with Crippen molar-refractivity contribution in [2.75, 3.05) is 7.11 Å². The maximum Gasteiger partial charge on any atom is 0.193 e. The Hall–Kier alpha value is -3.13. The van der Waals surface area contributed by atoms with Crippen LogP contribution in [0.25, 0.3) is 5.57 Å². The number of hydrogen-bond donors (Lipinski definition) is 0. The maximum absolute atomic E-state index is 13.4. The number of fused-ring (bicyclic) bond motifs is 1. The molecule has 0 fully saturated rings. The number of aryl methyl sites for hydroxylation is 1. The highest BCUT2D eigenvalue weighted by molar-refractivity contribution is 6.16. The normalized spacial score (nSPS) is 13.3. The van der Waals surface area contributed by atoms with Gasteiger partial charge in [-0.2, -0.15) is 0 Å². The van der Waals surface area contributed by atoms with E-state index in [1.807, 2.05) is 48.5 Å². The van der Waals surface area contributed by atoms with E-state index in [9.17, 15) is 4.79 Å². The second-order valence-corrected chi connectivity index (χ2v) is 6.41. The molecule has 0 aromatic heterocycles. The van der Waals surface area contributed by atoms with Gasteiger partial charge in [0.1, 0.15) is 5.75 Å². The molecule has 0 heterocycles. The van der Waals surface area contributed by atoms with Crippen molar-refractivity contribution in [2.24, 2.45) is 0 Å². The molecule has 2 nitrogen and oxygen atoms in total. The number of rotatable bonds is 4. The highest BCUT2D eigenvalue weighted by Crippen LogP contribution is 2.38. The number of ketones is 1. The Bertz CT molecular complexity index is 984. The van der Waals surface area contributed by atoms with Crippen molar-refractivity contribution < 1.29 is 9.53 Å². The molecule has 2 heteroatoms. The Morgan fingerprint density at radius 2 is 1.50 bits per heavy atom. The van der Waals surface area contributed by atoms with Gasteiger partial charge in [0.2, 0.25) is 0 Å². The highest BCUT2D eigenvalue weighted by Gasteiger charge is 2.26. The van der Waals surface area contributed by atoms with Crippen molar-refractivity contribution in [1.29, 1.82) is 0 Å². The second kappa shape index (κ2) is 7.01. The number of Topliss-reactive ketones (excluding diaryl/α,β-unsaturated/α-hetero) is 1. The monoisotopic (exact) mass is 340 g/mol. The van der Waals surface area contributed by atoms with Crippen LogP contribution in [0.5, 0.6) is 5.75 Å². The van der Waals surface area contributed by atoms with Crippen LogP contribution in [0.2, 0.25) is 0 Å². The number of carbonyl (C=O) groups excluding carboxylic acids is 1. The minimum Gasteiger partial charge on any atom is -0.496 e. The van der Waals surface area contributed by atoms with E-state index in [1.165, 1.54) is 5.56 Å². The van der Waals surface area contributed by atoms with Gasteiger partial charge in [-0.15, -0.1) is 0 Å². The third-order valence-corrected chi connectivity index (χ3v) is 4.92. The zero-order chi connectivity index (χ0) is 17.9. The van der Waals surface area contributed by atoms with E-state index in [-0.39, 0.29) is 5.78 Å². The van der Waals surface area contributed by atoms with Crippen molar-refractivity contribution in [1.82, 2.24) is 0 Å². The maximum atomic E-state index is 13.4. The molecule has 0 spiro atoms. The Balaban J connectivity index is 1.94. The molecule has 0 radical (unpaired) electrons. The Morgan fingerprint density at radius 3 is 2.31 bits per heavy atom. The lowest BCUT2D eigenvalue weighted by molar-refractivity contribution is 0.102. The van der Waals surface area contributed by atoms with Crippen LogP contribution < -0.4 is 4.74 Å². The van der Waals surface area contributed by atoms with Crippen molar-refractivity contribution in [2.45, 2.75) is 12.8 Å².